The van der Waals surface area contributed by atoms with Crippen molar-refractivity contribution in [3.05, 3.63) is 52.0 Å². The third-order valence-electron chi connectivity index (χ3n) is 3.86. The van der Waals surface area contributed by atoms with E-state index >= 15 is 0 Å². The highest BCUT2D eigenvalue weighted by atomic mass is 35.5. The van der Waals surface area contributed by atoms with Crippen LogP contribution in [0, 0.1) is 0 Å². The molecule has 0 spiro atoms. The minimum Gasteiger partial charge on any atom is -0.493 e. The highest BCUT2D eigenvalue weighted by Gasteiger charge is 2.20. The molecule has 2 amide bonds. The molecular formula is C19H20Cl2N2O4. The molecule has 0 aliphatic carbocycles. The van der Waals surface area contributed by atoms with Crippen molar-refractivity contribution in [1.82, 2.24) is 4.90 Å². The first-order valence-electron chi connectivity index (χ1n) is 8.16. The number of nitrogens with one attached hydrogen (secondary N) is 1. The van der Waals surface area contributed by atoms with Crippen LogP contribution in [0.3, 0.4) is 0 Å². The molecule has 0 radical (unpaired) electrons. The standard InChI is InChI=1S/C19H20Cl2N2O4/c1-4-23(11-17(24)22-18-13(20)6-5-7-14(18)21)19(25)12-8-9-15(26-2)16(10-12)27-3/h5-10H,4,11H2,1-3H3,(H,22,24). The Labute approximate surface area is 168 Å². The van der Waals surface area contributed by atoms with Crippen LogP contribution in [-0.4, -0.2) is 44.0 Å². The SMILES string of the molecule is CCN(CC(=O)Nc1c(Cl)cccc1Cl)C(=O)c1ccc(OC)c(OC)c1. The van der Waals surface area contributed by atoms with Crippen LogP contribution in [0.25, 0.3) is 0 Å². The number of para-hydroxylation sites is 1. The summed E-state index contributed by atoms with van der Waals surface area (Å²) in [4.78, 5) is 26.5. The highest BCUT2D eigenvalue weighted by Crippen LogP contribution is 2.30. The molecule has 0 saturated carbocycles. The largest absolute Gasteiger partial charge is 0.493 e. The van der Waals surface area contributed by atoms with Crippen molar-refractivity contribution in [2.75, 3.05) is 32.6 Å². The molecule has 2 rings (SSSR count). The summed E-state index contributed by atoms with van der Waals surface area (Å²) in [5, 5.41) is 3.30. The molecule has 8 heteroatoms. The van der Waals surface area contributed by atoms with Gasteiger partial charge in [-0.15, -0.1) is 0 Å². The van der Waals surface area contributed by atoms with Crippen LogP contribution in [0.5, 0.6) is 11.5 Å². The molecule has 0 aliphatic heterocycles. The van der Waals surface area contributed by atoms with Crippen molar-refractivity contribution in [3.63, 3.8) is 0 Å². The number of nitrogens with zero attached hydrogens (tertiary/aromatic N) is 1. The lowest BCUT2D eigenvalue weighted by molar-refractivity contribution is -0.116. The summed E-state index contributed by atoms with van der Waals surface area (Å²) in [5.41, 5.74) is 0.707. The topological polar surface area (TPSA) is 67.9 Å². The summed E-state index contributed by atoms with van der Waals surface area (Å²) >= 11 is 12.1. The van der Waals surface area contributed by atoms with E-state index in [9.17, 15) is 9.59 Å². The lowest BCUT2D eigenvalue weighted by atomic mass is 10.1. The summed E-state index contributed by atoms with van der Waals surface area (Å²) in [6, 6.07) is 9.76. The maximum absolute atomic E-state index is 12.8. The number of hydrogen-bond acceptors (Lipinski definition) is 4. The summed E-state index contributed by atoms with van der Waals surface area (Å²) in [5.74, 6) is 0.245. The first kappa shape index (κ1) is 20.9. The van der Waals surface area contributed by atoms with Gasteiger partial charge in [0.2, 0.25) is 5.91 Å². The maximum atomic E-state index is 12.8. The zero-order valence-electron chi connectivity index (χ0n) is 15.2. The predicted molar refractivity (Wildman–Crippen MR) is 106 cm³/mol. The number of ether oxygens (including phenoxy) is 2. The number of halogens is 2. The lowest BCUT2D eigenvalue weighted by Gasteiger charge is -2.21. The number of methoxy groups -OCH3 is 2. The first-order valence-corrected chi connectivity index (χ1v) is 8.92. The molecule has 144 valence electrons. The summed E-state index contributed by atoms with van der Waals surface area (Å²) < 4.78 is 10.4. The van der Waals surface area contributed by atoms with Gasteiger partial charge in [-0.2, -0.15) is 0 Å². The molecule has 0 atom stereocenters. The molecule has 27 heavy (non-hydrogen) atoms. The van der Waals surface area contributed by atoms with E-state index < -0.39 is 5.91 Å². The van der Waals surface area contributed by atoms with Gasteiger partial charge in [-0.1, -0.05) is 29.3 Å². The summed E-state index contributed by atoms with van der Waals surface area (Å²) in [7, 11) is 3.01. The minimum absolute atomic E-state index is 0.148. The molecule has 0 aromatic heterocycles. The molecule has 0 fully saturated rings. The average molecular weight is 411 g/mol. The molecule has 0 saturated heterocycles. The first-order chi connectivity index (χ1) is 12.9. The molecule has 0 aliphatic rings. The molecule has 0 bridgehead atoms. The Kier molecular flexibility index (Phi) is 7.33. The molecular weight excluding hydrogens is 391 g/mol. The normalized spacial score (nSPS) is 10.3. The lowest BCUT2D eigenvalue weighted by Crippen LogP contribution is -2.38. The van der Waals surface area contributed by atoms with E-state index in [1.54, 1.807) is 43.3 Å². The Morgan fingerprint density at radius 1 is 1.04 bits per heavy atom. The quantitative estimate of drug-likeness (QED) is 0.745. The van der Waals surface area contributed by atoms with Gasteiger partial charge < -0.3 is 19.7 Å². The third kappa shape index (κ3) is 5.05. The van der Waals surface area contributed by atoms with Gasteiger partial charge in [-0.25, -0.2) is 0 Å². The van der Waals surface area contributed by atoms with Crippen LogP contribution in [0.2, 0.25) is 10.0 Å². The molecule has 1 N–H and O–H groups in total. The van der Waals surface area contributed by atoms with Crippen LogP contribution in [-0.2, 0) is 4.79 Å². The van der Waals surface area contributed by atoms with Gasteiger partial charge in [0, 0.05) is 12.1 Å². The Bertz CT molecular complexity index is 822. The Balaban J connectivity index is 2.14. The highest BCUT2D eigenvalue weighted by molar-refractivity contribution is 6.39. The second-order valence-corrected chi connectivity index (χ2v) is 6.35. The van der Waals surface area contributed by atoms with Crippen LogP contribution in [0.4, 0.5) is 5.69 Å². The Morgan fingerprint density at radius 2 is 1.67 bits per heavy atom. The number of carbonyl (C=O) groups excluding carboxylic acids is 2. The number of hydrogen-bond donors (Lipinski definition) is 1. The fourth-order valence-electron chi connectivity index (χ4n) is 2.45. The second-order valence-electron chi connectivity index (χ2n) is 5.53. The van der Waals surface area contributed by atoms with Crippen molar-refractivity contribution < 1.29 is 19.1 Å². The van der Waals surface area contributed by atoms with E-state index in [2.05, 4.69) is 5.32 Å². The van der Waals surface area contributed by atoms with E-state index in [1.165, 1.54) is 19.1 Å². The molecule has 0 heterocycles. The Hall–Kier alpha value is -2.44. The monoisotopic (exact) mass is 410 g/mol. The van der Waals surface area contributed by atoms with Crippen molar-refractivity contribution >= 4 is 40.7 Å². The van der Waals surface area contributed by atoms with Crippen LogP contribution < -0.4 is 14.8 Å². The summed E-state index contributed by atoms with van der Waals surface area (Å²) in [6.45, 7) is 1.98. The predicted octanol–water partition coefficient (Wildman–Crippen LogP) is 4.11. The number of likely N-dealkylation sites (N-methyl/N-ethyl adjacent to an activating group) is 1. The number of rotatable bonds is 7. The smallest absolute Gasteiger partial charge is 0.254 e. The van der Waals surface area contributed by atoms with Gasteiger partial charge in [0.15, 0.2) is 11.5 Å². The van der Waals surface area contributed by atoms with Gasteiger partial charge >= 0.3 is 0 Å². The maximum Gasteiger partial charge on any atom is 0.254 e. The molecule has 6 nitrogen and oxygen atoms in total. The zero-order chi connectivity index (χ0) is 20.0. The van der Waals surface area contributed by atoms with Gasteiger partial charge in [0.1, 0.15) is 6.54 Å². The van der Waals surface area contributed by atoms with Crippen molar-refractivity contribution in [1.29, 1.82) is 0 Å². The van der Waals surface area contributed by atoms with Crippen molar-refractivity contribution in [2.45, 2.75) is 6.92 Å². The van der Waals surface area contributed by atoms with Crippen molar-refractivity contribution in [2.24, 2.45) is 0 Å². The van der Waals surface area contributed by atoms with E-state index in [1.807, 2.05) is 0 Å². The summed E-state index contributed by atoms with van der Waals surface area (Å²) in [6.07, 6.45) is 0. The van der Waals surface area contributed by atoms with Gasteiger partial charge in [0.05, 0.1) is 30.0 Å². The van der Waals surface area contributed by atoms with E-state index in [-0.39, 0.29) is 12.5 Å². The van der Waals surface area contributed by atoms with E-state index in [4.69, 9.17) is 32.7 Å². The van der Waals surface area contributed by atoms with Gasteiger partial charge in [-0.05, 0) is 37.3 Å². The van der Waals surface area contributed by atoms with Gasteiger partial charge in [-0.3, -0.25) is 9.59 Å². The second kappa shape index (κ2) is 9.48. The number of benzene rings is 2. The molecule has 2 aromatic carbocycles. The number of anilines is 1. The molecule has 0 unspecified atom stereocenters. The molecule has 2 aromatic rings. The minimum atomic E-state index is -0.402. The number of amides is 2. The zero-order valence-corrected chi connectivity index (χ0v) is 16.7. The fraction of sp³-hybridized carbons (Fsp3) is 0.263. The third-order valence-corrected chi connectivity index (χ3v) is 4.49. The van der Waals surface area contributed by atoms with E-state index in [0.29, 0.717) is 39.3 Å². The van der Waals surface area contributed by atoms with Crippen LogP contribution in [0.15, 0.2) is 36.4 Å². The van der Waals surface area contributed by atoms with Gasteiger partial charge in [0.25, 0.3) is 5.91 Å². The average Bonchev–Trinajstić information content (AvgIpc) is 2.67. The fourth-order valence-corrected chi connectivity index (χ4v) is 2.94. The van der Waals surface area contributed by atoms with Crippen LogP contribution in [0.1, 0.15) is 17.3 Å². The van der Waals surface area contributed by atoms with Crippen molar-refractivity contribution in [3.8, 4) is 11.5 Å². The van der Waals surface area contributed by atoms with E-state index in [0.717, 1.165) is 0 Å². The Morgan fingerprint density at radius 3 is 2.22 bits per heavy atom. The number of carbonyl (C=O) groups is 2. The van der Waals surface area contributed by atoms with Crippen LogP contribution >= 0.6 is 23.2 Å².